The van der Waals surface area contributed by atoms with Crippen LogP contribution in [-0.4, -0.2) is 32.6 Å². The highest BCUT2D eigenvalue weighted by Gasteiger charge is 2.31. The van der Waals surface area contributed by atoms with Crippen molar-refractivity contribution in [3.8, 4) is 11.5 Å². The number of allylic oxidation sites excluding steroid dienone is 1. The molecule has 0 saturated heterocycles. The van der Waals surface area contributed by atoms with Crippen LogP contribution < -0.4 is 9.47 Å². The van der Waals surface area contributed by atoms with Crippen LogP contribution in [0.5, 0.6) is 11.5 Å². The van der Waals surface area contributed by atoms with E-state index in [-0.39, 0.29) is 17.7 Å². The molecule has 0 unspecified atom stereocenters. The van der Waals surface area contributed by atoms with E-state index in [1.807, 2.05) is 12.1 Å². The highest BCUT2D eigenvalue weighted by atomic mass is 35.5. The van der Waals surface area contributed by atoms with Crippen LogP contribution in [-0.2, 0) is 17.6 Å². The lowest BCUT2D eigenvalue weighted by molar-refractivity contribution is -0.0850. The molecule has 9 heteroatoms. The molecule has 0 heterocycles. The SMILES string of the molecule is CCc1cc(OCC=C(Cl)Cl)cc(CC)c1OCCCCCOCC=C(Cl)C(F)(F)F. The first-order chi connectivity index (χ1) is 14.7. The van der Waals surface area contributed by atoms with Gasteiger partial charge in [0.15, 0.2) is 0 Å². The molecule has 0 amide bonds. The molecular weight excluding hydrogens is 476 g/mol. The molecule has 31 heavy (non-hydrogen) atoms. The maximum absolute atomic E-state index is 12.2. The Morgan fingerprint density at radius 3 is 2.03 bits per heavy atom. The predicted octanol–water partition coefficient (Wildman–Crippen LogP) is 7.76. The van der Waals surface area contributed by atoms with E-state index in [9.17, 15) is 13.2 Å². The zero-order chi connectivity index (χ0) is 23.3. The molecule has 0 atom stereocenters. The Bertz CT molecular complexity index is 705. The summed E-state index contributed by atoms with van der Waals surface area (Å²) in [5.41, 5.74) is 2.12. The van der Waals surface area contributed by atoms with Crippen molar-refractivity contribution in [1.29, 1.82) is 0 Å². The summed E-state index contributed by atoms with van der Waals surface area (Å²) in [5.74, 6) is 1.62. The third kappa shape index (κ3) is 11.4. The second-order valence-electron chi connectivity index (χ2n) is 6.62. The molecule has 0 radical (unpaired) electrons. The van der Waals surface area contributed by atoms with Crippen LogP contribution in [0.25, 0.3) is 0 Å². The normalized spacial score (nSPS) is 12.1. The van der Waals surface area contributed by atoms with Gasteiger partial charge in [0.25, 0.3) is 0 Å². The van der Waals surface area contributed by atoms with Crippen LogP contribution >= 0.6 is 34.8 Å². The zero-order valence-corrected chi connectivity index (χ0v) is 19.9. The van der Waals surface area contributed by atoms with Gasteiger partial charge in [-0.2, -0.15) is 13.2 Å². The van der Waals surface area contributed by atoms with E-state index in [4.69, 9.17) is 49.0 Å². The van der Waals surface area contributed by atoms with Crippen molar-refractivity contribution in [1.82, 2.24) is 0 Å². The summed E-state index contributed by atoms with van der Waals surface area (Å²) in [4.78, 5) is 0. The molecule has 0 spiro atoms. The second kappa shape index (κ2) is 14.9. The van der Waals surface area contributed by atoms with Crippen molar-refractivity contribution >= 4 is 34.8 Å². The summed E-state index contributed by atoms with van der Waals surface area (Å²) >= 11 is 16.3. The van der Waals surface area contributed by atoms with E-state index < -0.39 is 11.2 Å². The van der Waals surface area contributed by atoms with E-state index in [1.165, 1.54) is 0 Å². The topological polar surface area (TPSA) is 27.7 Å². The quantitative estimate of drug-likeness (QED) is 0.243. The summed E-state index contributed by atoms with van der Waals surface area (Å²) in [6.45, 7) is 5.15. The number of halogens is 6. The maximum atomic E-state index is 12.2. The molecule has 0 saturated carbocycles. The highest BCUT2D eigenvalue weighted by Crippen LogP contribution is 2.31. The Balaban J connectivity index is 2.43. The van der Waals surface area contributed by atoms with Crippen LogP contribution in [0.3, 0.4) is 0 Å². The van der Waals surface area contributed by atoms with Gasteiger partial charge in [0.05, 0.1) is 13.2 Å². The first-order valence-electron chi connectivity index (χ1n) is 10.1. The Morgan fingerprint density at radius 2 is 1.48 bits per heavy atom. The molecule has 1 aromatic carbocycles. The minimum atomic E-state index is -4.52. The van der Waals surface area contributed by atoms with Crippen LogP contribution in [0.4, 0.5) is 13.2 Å². The molecule has 0 aliphatic heterocycles. The molecule has 0 aliphatic carbocycles. The molecule has 0 bridgehead atoms. The lowest BCUT2D eigenvalue weighted by atomic mass is 10.0. The Morgan fingerprint density at radius 1 is 0.871 bits per heavy atom. The summed E-state index contributed by atoms with van der Waals surface area (Å²) in [7, 11) is 0. The standard InChI is InChI=1S/C22H28Cl3F3O3/c1-3-16-14-18(30-13-9-20(24)25)15-17(4-2)21(16)31-11-7-5-6-10-29-12-8-19(23)22(26,27)28/h8-9,14-15H,3-7,10-13H2,1-2H3. The number of benzene rings is 1. The lowest BCUT2D eigenvalue weighted by Gasteiger charge is -2.17. The van der Waals surface area contributed by atoms with E-state index in [0.717, 1.165) is 60.8 Å². The third-order valence-electron chi connectivity index (χ3n) is 4.30. The largest absolute Gasteiger partial charge is 0.493 e. The Kier molecular flexibility index (Phi) is 13.4. The van der Waals surface area contributed by atoms with Gasteiger partial charge >= 0.3 is 6.18 Å². The number of hydrogen-bond donors (Lipinski definition) is 0. The fraction of sp³-hybridized carbons (Fsp3) is 0.545. The van der Waals surface area contributed by atoms with Crippen LogP contribution in [0, 0.1) is 0 Å². The molecule has 0 N–H and O–H groups in total. The number of ether oxygens (including phenoxy) is 3. The number of alkyl halides is 3. The van der Waals surface area contributed by atoms with Crippen molar-refractivity contribution < 1.29 is 27.4 Å². The molecule has 3 nitrogen and oxygen atoms in total. The summed E-state index contributed by atoms with van der Waals surface area (Å²) in [6.07, 6.45) is 1.87. The van der Waals surface area contributed by atoms with E-state index in [2.05, 4.69) is 13.8 Å². The summed E-state index contributed by atoms with van der Waals surface area (Å²) in [6, 6.07) is 3.91. The van der Waals surface area contributed by atoms with E-state index in [0.29, 0.717) is 13.2 Å². The minimum Gasteiger partial charge on any atom is -0.493 e. The maximum Gasteiger partial charge on any atom is 0.426 e. The molecule has 176 valence electrons. The van der Waals surface area contributed by atoms with Crippen molar-refractivity contribution in [2.24, 2.45) is 0 Å². The van der Waals surface area contributed by atoms with Gasteiger partial charge in [0.2, 0.25) is 0 Å². The van der Waals surface area contributed by atoms with Crippen molar-refractivity contribution in [3.63, 3.8) is 0 Å². The Hall–Kier alpha value is -1.08. The van der Waals surface area contributed by atoms with Crippen LogP contribution in [0.15, 0.2) is 33.8 Å². The fourth-order valence-corrected chi connectivity index (χ4v) is 2.89. The van der Waals surface area contributed by atoms with Gasteiger partial charge in [-0.15, -0.1) is 0 Å². The summed E-state index contributed by atoms with van der Waals surface area (Å²) in [5, 5.41) is -1.16. The number of aryl methyl sites for hydroxylation is 2. The first kappa shape index (κ1) is 28.0. The molecule has 1 rings (SSSR count). The third-order valence-corrected chi connectivity index (χ3v) is 4.97. The van der Waals surface area contributed by atoms with Gasteiger partial charge in [-0.1, -0.05) is 48.7 Å². The van der Waals surface area contributed by atoms with E-state index >= 15 is 0 Å². The number of rotatable bonds is 14. The van der Waals surface area contributed by atoms with Gasteiger partial charge in [0.1, 0.15) is 27.6 Å². The second-order valence-corrected chi connectivity index (χ2v) is 8.03. The van der Waals surface area contributed by atoms with Gasteiger partial charge in [0, 0.05) is 6.61 Å². The lowest BCUT2D eigenvalue weighted by Crippen LogP contribution is -2.08. The summed E-state index contributed by atoms with van der Waals surface area (Å²) < 4.78 is 53.7. The zero-order valence-electron chi connectivity index (χ0n) is 17.7. The van der Waals surface area contributed by atoms with Gasteiger partial charge in [-0.25, -0.2) is 0 Å². The molecule has 0 aliphatic rings. The van der Waals surface area contributed by atoms with Gasteiger partial charge < -0.3 is 14.2 Å². The fourth-order valence-electron chi connectivity index (χ4n) is 2.71. The predicted molar refractivity (Wildman–Crippen MR) is 121 cm³/mol. The number of unbranched alkanes of at least 4 members (excludes halogenated alkanes) is 2. The van der Waals surface area contributed by atoms with Gasteiger partial charge in [-0.05, 0) is 67.5 Å². The smallest absolute Gasteiger partial charge is 0.426 e. The minimum absolute atomic E-state index is 0.157. The first-order valence-corrected chi connectivity index (χ1v) is 11.3. The monoisotopic (exact) mass is 502 g/mol. The average Bonchev–Trinajstić information content (AvgIpc) is 2.71. The highest BCUT2D eigenvalue weighted by molar-refractivity contribution is 6.55. The Labute approximate surface area is 197 Å². The van der Waals surface area contributed by atoms with Crippen LogP contribution in [0.1, 0.15) is 44.2 Å². The molecule has 0 fully saturated rings. The average molecular weight is 504 g/mol. The van der Waals surface area contributed by atoms with Crippen molar-refractivity contribution in [2.45, 2.75) is 52.1 Å². The van der Waals surface area contributed by atoms with Crippen molar-refractivity contribution in [3.05, 3.63) is 44.9 Å². The molecule has 0 aromatic heterocycles. The number of hydrogen-bond acceptors (Lipinski definition) is 3. The van der Waals surface area contributed by atoms with E-state index in [1.54, 1.807) is 6.08 Å². The van der Waals surface area contributed by atoms with Crippen molar-refractivity contribution in [2.75, 3.05) is 26.4 Å². The van der Waals surface area contributed by atoms with Crippen LogP contribution in [0.2, 0.25) is 0 Å². The molecular formula is C22H28Cl3F3O3. The van der Waals surface area contributed by atoms with Gasteiger partial charge in [-0.3, -0.25) is 0 Å². The molecule has 1 aromatic rings.